The second-order valence-electron chi connectivity index (χ2n) is 6.35. The van der Waals surface area contributed by atoms with Crippen LogP contribution in [-0.2, 0) is 5.75 Å². The highest BCUT2D eigenvalue weighted by molar-refractivity contribution is 7.98. The predicted molar refractivity (Wildman–Crippen MR) is 117 cm³/mol. The van der Waals surface area contributed by atoms with Crippen LogP contribution in [0.25, 0.3) is 16.4 Å². The molecule has 2 heterocycles. The van der Waals surface area contributed by atoms with E-state index in [1.54, 1.807) is 30.2 Å². The zero-order chi connectivity index (χ0) is 20.2. The molecule has 0 amide bonds. The van der Waals surface area contributed by atoms with Crippen molar-refractivity contribution in [1.29, 1.82) is 5.26 Å². The Kier molecular flexibility index (Phi) is 5.65. The highest BCUT2D eigenvalue weighted by Crippen LogP contribution is 2.35. The van der Waals surface area contributed by atoms with Crippen molar-refractivity contribution in [3.8, 4) is 28.2 Å². The number of ether oxygens (including phenoxy) is 1. The molecule has 5 nitrogen and oxygen atoms in total. The van der Waals surface area contributed by atoms with Crippen molar-refractivity contribution in [3.05, 3.63) is 76.7 Å². The summed E-state index contributed by atoms with van der Waals surface area (Å²) in [7, 11) is 1.67. The first-order chi connectivity index (χ1) is 14.2. The van der Waals surface area contributed by atoms with Crippen LogP contribution in [0.4, 0.5) is 0 Å². The Morgan fingerprint density at radius 3 is 2.76 bits per heavy atom. The summed E-state index contributed by atoms with van der Waals surface area (Å²) >= 11 is 3.17. The number of thiophene rings is 1. The van der Waals surface area contributed by atoms with Crippen LogP contribution in [-0.4, -0.2) is 21.9 Å². The van der Waals surface area contributed by atoms with Crippen molar-refractivity contribution in [2.75, 3.05) is 7.11 Å². The van der Waals surface area contributed by atoms with Gasteiger partial charge in [-0.05, 0) is 47.7 Å². The summed E-state index contributed by atoms with van der Waals surface area (Å²) in [6, 6.07) is 20.0. The van der Waals surface area contributed by atoms with Gasteiger partial charge in [0.25, 0.3) is 0 Å². The zero-order valence-electron chi connectivity index (χ0n) is 16.0. The summed E-state index contributed by atoms with van der Waals surface area (Å²) in [6.45, 7) is 2.05. The molecule has 0 spiro atoms. The van der Waals surface area contributed by atoms with Gasteiger partial charge in [-0.25, -0.2) is 0 Å². The van der Waals surface area contributed by atoms with Crippen LogP contribution in [0.1, 0.15) is 16.7 Å². The largest absolute Gasteiger partial charge is 0.495 e. The normalized spacial score (nSPS) is 10.7. The van der Waals surface area contributed by atoms with Crippen molar-refractivity contribution in [2.45, 2.75) is 17.8 Å². The molecule has 0 radical (unpaired) electrons. The third-order valence-corrected chi connectivity index (χ3v) is 6.29. The fraction of sp³-hybridized carbons (Fsp3) is 0.136. The average Bonchev–Trinajstić information content (AvgIpc) is 3.42. The third kappa shape index (κ3) is 3.90. The van der Waals surface area contributed by atoms with Gasteiger partial charge in [-0.2, -0.15) is 5.26 Å². The van der Waals surface area contributed by atoms with Crippen molar-refractivity contribution in [2.24, 2.45) is 0 Å². The van der Waals surface area contributed by atoms with E-state index >= 15 is 0 Å². The number of nitriles is 1. The van der Waals surface area contributed by atoms with Gasteiger partial charge in [0.1, 0.15) is 5.75 Å². The fourth-order valence-electron chi connectivity index (χ4n) is 3.02. The molecule has 4 aromatic rings. The molecule has 0 saturated carbocycles. The minimum Gasteiger partial charge on any atom is -0.495 e. The van der Waals surface area contributed by atoms with E-state index in [1.165, 1.54) is 0 Å². The molecule has 0 aliphatic carbocycles. The number of aromatic nitrogens is 3. The maximum atomic E-state index is 9.37. The van der Waals surface area contributed by atoms with E-state index in [0.717, 1.165) is 38.4 Å². The Hall–Kier alpha value is -3.08. The SMILES string of the molecule is COc1ccc(C)cc1-n1c(SCc2ccccc2C#N)nnc1-c1cccs1. The molecule has 0 aliphatic heterocycles. The lowest BCUT2D eigenvalue weighted by Gasteiger charge is -2.14. The van der Waals surface area contributed by atoms with Gasteiger partial charge in [0.05, 0.1) is 29.3 Å². The van der Waals surface area contributed by atoms with Crippen molar-refractivity contribution in [3.63, 3.8) is 0 Å². The summed E-state index contributed by atoms with van der Waals surface area (Å²) in [5, 5.41) is 21.1. The first-order valence-electron chi connectivity index (χ1n) is 8.96. The Morgan fingerprint density at radius 2 is 2.00 bits per heavy atom. The molecular weight excluding hydrogens is 400 g/mol. The first-order valence-corrected chi connectivity index (χ1v) is 10.8. The zero-order valence-corrected chi connectivity index (χ0v) is 17.6. The highest BCUT2D eigenvalue weighted by Gasteiger charge is 2.20. The van der Waals surface area contributed by atoms with E-state index in [-0.39, 0.29) is 0 Å². The van der Waals surface area contributed by atoms with Gasteiger partial charge in [0.2, 0.25) is 0 Å². The summed E-state index contributed by atoms with van der Waals surface area (Å²) < 4.78 is 7.66. The molecule has 0 atom stereocenters. The topological polar surface area (TPSA) is 63.7 Å². The standard InChI is InChI=1S/C22H18N4OS2/c1-15-9-10-19(27-2)18(12-15)26-21(20-8-5-11-28-20)24-25-22(26)29-14-17-7-4-3-6-16(17)13-23/h3-12H,14H2,1-2H3. The van der Waals surface area contributed by atoms with Crippen LogP contribution in [0.5, 0.6) is 5.75 Å². The second kappa shape index (κ2) is 8.52. The van der Waals surface area contributed by atoms with Crippen LogP contribution in [0.2, 0.25) is 0 Å². The Balaban J connectivity index is 1.80. The number of methoxy groups -OCH3 is 1. The van der Waals surface area contributed by atoms with Crippen molar-refractivity contribution >= 4 is 23.1 Å². The number of benzene rings is 2. The molecule has 0 aliphatic rings. The molecule has 0 saturated heterocycles. The van der Waals surface area contributed by atoms with E-state index in [4.69, 9.17) is 4.74 Å². The molecule has 0 bridgehead atoms. The molecule has 2 aromatic carbocycles. The van der Waals surface area contributed by atoms with Gasteiger partial charge < -0.3 is 4.74 Å². The number of hydrogen-bond acceptors (Lipinski definition) is 6. The van der Waals surface area contributed by atoms with Gasteiger partial charge in [0, 0.05) is 5.75 Å². The van der Waals surface area contributed by atoms with Crippen molar-refractivity contribution < 1.29 is 4.74 Å². The van der Waals surface area contributed by atoms with Crippen molar-refractivity contribution in [1.82, 2.24) is 14.8 Å². The fourth-order valence-corrected chi connectivity index (χ4v) is 4.67. The first kappa shape index (κ1) is 19.2. The maximum Gasteiger partial charge on any atom is 0.196 e. The van der Waals surface area contributed by atoms with Gasteiger partial charge in [0.15, 0.2) is 11.0 Å². The lowest BCUT2D eigenvalue weighted by atomic mass is 10.1. The van der Waals surface area contributed by atoms with E-state index in [9.17, 15) is 5.26 Å². The second-order valence-corrected chi connectivity index (χ2v) is 8.24. The molecule has 0 N–H and O–H groups in total. The smallest absolute Gasteiger partial charge is 0.196 e. The minimum absolute atomic E-state index is 0.625. The van der Waals surface area contributed by atoms with Gasteiger partial charge in [-0.15, -0.1) is 21.5 Å². The predicted octanol–water partition coefficient (Wildman–Crippen LogP) is 5.48. The molecule has 0 fully saturated rings. The molecule has 144 valence electrons. The molecular formula is C22H18N4OS2. The number of nitrogens with zero attached hydrogens (tertiary/aromatic N) is 4. The van der Waals surface area contributed by atoms with Gasteiger partial charge >= 0.3 is 0 Å². The van der Waals surface area contributed by atoms with E-state index in [0.29, 0.717) is 11.3 Å². The number of rotatable bonds is 6. The van der Waals surface area contributed by atoms with Crippen LogP contribution in [0, 0.1) is 18.3 Å². The van der Waals surface area contributed by atoms with E-state index < -0.39 is 0 Å². The van der Waals surface area contributed by atoms with Crippen LogP contribution in [0.15, 0.2) is 65.1 Å². The monoisotopic (exact) mass is 418 g/mol. The summed E-state index contributed by atoms with van der Waals surface area (Å²) in [5.41, 5.74) is 3.68. The van der Waals surface area contributed by atoms with Crippen LogP contribution >= 0.6 is 23.1 Å². The Labute approximate surface area is 177 Å². The quantitative estimate of drug-likeness (QED) is 0.388. The maximum absolute atomic E-state index is 9.37. The van der Waals surface area contributed by atoms with E-state index in [2.05, 4.69) is 22.3 Å². The Bertz CT molecular complexity index is 1180. The van der Waals surface area contributed by atoms with Gasteiger partial charge in [-0.1, -0.05) is 42.1 Å². The van der Waals surface area contributed by atoms with Crippen LogP contribution in [0.3, 0.4) is 0 Å². The number of aryl methyl sites for hydroxylation is 1. The summed E-state index contributed by atoms with van der Waals surface area (Å²) in [4.78, 5) is 1.03. The number of hydrogen-bond donors (Lipinski definition) is 0. The lowest BCUT2D eigenvalue weighted by molar-refractivity contribution is 0.412. The molecule has 0 unspecified atom stereocenters. The van der Waals surface area contributed by atoms with Crippen LogP contribution < -0.4 is 4.74 Å². The Morgan fingerprint density at radius 1 is 1.14 bits per heavy atom. The summed E-state index contributed by atoms with van der Waals surface area (Å²) in [5.74, 6) is 2.16. The molecule has 4 rings (SSSR count). The average molecular weight is 419 g/mol. The summed E-state index contributed by atoms with van der Waals surface area (Å²) in [6.07, 6.45) is 0. The lowest BCUT2D eigenvalue weighted by Crippen LogP contribution is -2.02. The third-order valence-electron chi connectivity index (χ3n) is 4.44. The molecule has 29 heavy (non-hydrogen) atoms. The van der Waals surface area contributed by atoms with E-state index in [1.807, 2.05) is 65.4 Å². The molecule has 7 heteroatoms. The minimum atomic E-state index is 0.625. The van der Waals surface area contributed by atoms with Gasteiger partial charge in [-0.3, -0.25) is 4.57 Å². The molecule has 2 aromatic heterocycles. The highest BCUT2D eigenvalue weighted by atomic mass is 32.2. The number of thioether (sulfide) groups is 1.